The SMILES string of the molecule is O=C(NC(c1cccs1)C1CC(O)C1)c1ccc(Cn2cnnn2)cc1. The van der Waals surface area contributed by atoms with Crippen molar-refractivity contribution in [3.8, 4) is 0 Å². The Labute approximate surface area is 154 Å². The number of hydrogen-bond acceptors (Lipinski definition) is 6. The molecule has 26 heavy (non-hydrogen) atoms. The van der Waals surface area contributed by atoms with Gasteiger partial charge >= 0.3 is 0 Å². The van der Waals surface area contributed by atoms with E-state index >= 15 is 0 Å². The molecule has 2 N–H and O–H groups in total. The molecule has 3 aromatic rings. The van der Waals surface area contributed by atoms with Gasteiger partial charge in [0.25, 0.3) is 5.91 Å². The molecule has 0 radical (unpaired) electrons. The molecule has 1 fully saturated rings. The Morgan fingerprint density at radius 3 is 2.73 bits per heavy atom. The zero-order valence-electron chi connectivity index (χ0n) is 14.0. The molecule has 2 aromatic heterocycles. The summed E-state index contributed by atoms with van der Waals surface area (Å²) in [6, 6.07) is 11.4. The predicted octanol–water partition coefficient (Wildman–Crippen LogP) is 2.02. The molecule has 1 aliphatic rings. The smallest absolute Gasteiger partial charge is 0.251 e. The highest BCUT2D eigenvalue weighted by atomic mass is 32.1. The average molecular weight is 369 g/mol. The second-order valence-corrected chi connectivity index (χ2v) is 7.54. The average Bonchev–Trinajstić information content (AvgIpc) is 3.31. The topological polar surface area (TPSA) is 92.9 Å². The number of hydrogen-bond donors (Lipinski definition) is 2. The third-order valence-corrected chi connectivity index (χ3v) is 5.66. The molecule has 8 heteroatoms. The largest absolute Gasteiger partial charge is 0.393 e. The van der Waals surface area contributed by atoms with Crippen molar-refractivity contribution < 1.29 is 9.90 Å². The molecule has 0 saturated heterocycles. The molecule has 1 amide bonds. The van der Waals surface area contributed by atoms with Gasteiger partial charge in [0.15, 0.2) is 0 Å². The highest BCUT2D eigenvalue weighted by Gasteiger charge is 2.36. The van der Waals surface area contributed by atoms with Crippen LogP contribution in [0.2, 0.25) is 0 Å². The lowest BCUT2D eigenvalue weighted by Gasteiger charge is -2.37. The van der Waals surface area contributed by atoms with Crippen LogP contribution in [-0.4, -0.2) is 37.3 Å². The minimum Gasteiger partial charge on any atom is -0.393 e. The molecule has 0 spiro atoms. The Balaban J connectivity index is 1.44. The first-order valence-electron chi connectivity index (χ1n) is 8.51. The van der Waals surface area contributed by atoms with Crippen molar-refractivity contribution in [2.24, 2.45) is 5.92 Å². The van der Waals surface area contributed by atoms with Gasteiger partial charge in [-0.25, -0.2) is 4.68 Å². The number of carbonyl (C=O) groups excluding carboxylic acids is 1. The van der Waals surface area contributed by atoms with E-state index in [1.165, 1.54) is 0 Å². The Morgan fingerprint density at radius 2 is 2.12 bits per heavy atom. The lowest BCUT2D eigenvalue weighted by Crippen LogP contribution is -2.41. The van der Waals surface area contributed by atoms with Gasteiger partial charge in [-0.2, -0.15) is 0 Å². The first-order chi connectivity index (χ1) is 12.7. The monoisotopic (exact) mass is 369 g/mol. The molecule has 4 rings (SSSR count). The molecule has 1 atom stereocenters. The summed E-state index contributed by atoms with van der Waals surface area (Å²) in [5.74, 6) is 0.186. The summed E-state index contributed by atoms with van der Waals surface area (Å²) < 4.78 is 1.63. The number of carbonyl (C=O) groups is 1. The highest BCUT2D eigenvalue weighted by molar-refractivity contribution is 7.10. The number of amides is 1. The molecule has 0 bridgehead atoms. The van der Waals surface area contributed by atoms with Crippen LogP contribution >= 0.6 is 11.3 Å². The number of nitrogens with zero attached hydrogens (tertiary/aromatic N) is 4. The lowest BCUT2D eigenvalue weighted by molar-refractivity contribution is 0.0241. The molecular formula is C18H19N5O2S. The fourth-order valence-corrected chi connectivity index (χ4v) is 4.09. The van der Waals surface area contributed by atoms with E-state index in [9.17, 15) is 9.90 Å². The van der Waals surface area contributed by atoms with Gasteiger partial charge in [0.05, 0.1) is 18.7 Å². The minimum atomic E-state index is -0.245. The van der Waals surface area contributed by atoms with E-state index in [2.05, 4.69) is 20.8 Å². The van der Waals surface area contributed by atoms with E-state index in [1.54, 1.807) is 22.3 Å². The molecule has 1 aromatic carbocycles. The molecular weight excluding hydrogens is 350 g/mol. The third-order valence-electron chi connectivity index (χ3n) is 4.71. The van der Waals surface area contributed by atoms with Gasteiger partial charge in [0.1, 0.15) is 6.33 Å². The van der Waals surface area contributed by atoms with Gasteiger partial charge in [0.2, 0.25) is 0 Å². The van der Waals surface area contributed by atoms with E-state index in [1.807, 2.05) is 41.8 Å². The molecule has 0 aliphatic heterocycles. The molecule has 1 saturated carbocycles. The summed E-state index contributed by atoms with van der Waals surface area (Å²) >= 11 is 1.63. The maximum Gasteiger partial charge on any atom is 0.251 e. The van der Waals surface area contributed by atoms with E-state index in [0.29, 0.717) is 12.1 Å². The van der Waals surface area contributed by atoms with Gasteiger partial charge < -0.3 is 10.4 Å². The van der Waals surface area contributed by atoms with Crippen molar-refractivity contribution in [3.63, 3.8) is 0 Å². The number of aliphatic hydroxyl groups is 1. The van der Waals surface area contributed by atoms with Crippen molar-refractivity contribution >= 4 is 17.2 Å². The number of aliphatic hydroxyl groups excluding tert-OH is 1. The van der Waals surface area contributed by atoms with Crippen molar-refractivity contribution in [2.75, 3.05) is 0 Å². The van der Waals surface area contributed by atoms with E-state index in [4.69, 9.17) is 0 Å². The molecule has 134 valence electrons. The van der Waals surface area contributed by atoms with Gasteiger partial charge in [-0.1, -0.05) is 18.2 Å². The van der Waals surface area contributed by atoms with Crippen molar-refractivity contribution in [3.05, 3.63) is 64.1 Å². The van der Waals surface area contributed by atoms with Crippen LogP contribution in [0.3, 0.4) is 0 Å². The number of aromatic nitrogens is 4. The summed E-state index contributed by atoms with van der Waals surface area (Å²) in [7, 11) is 0. The van der Waals surface area contributed by atoms with Crippen LogP contribution in [0.25, 0.3) is 0 Å². The quantitative estimate of drug-likeness (QED) is 0.693. The standard InChI is InChI=1S/C18H19N5O2S/c24-15-8-14(9-15)17(16-2-1-7-26-16)20-18(25)13-5-3-12(4-6-13)10-23-11-19-21-22-23/h1-7,11,14-15,17,24H,8-10H2,(H,20,25). The van der Waals surface area contributed by atoms with Gasteiger partial charge in [0, 0.05) is 10.4 Å². The maximum absolute atomic E-state index is 12.7. The number of thiophene rings is 1. The van der Waals surface area contributed by atoms with Gasteiger partial charge in [-0.15, -0.1) is 16.4 Å². The lowest BCUT2D eigenvalue weighted by atomic mass is 9.76. The molecule has 7 nitrogen and oxygen atoms in total. The summed E-state index contributed by atoms with van der Waals surface area (Å²) in [6.45, 7) is 0.562. The first-order valence-corrected chi connectivity index (χ1v) is 9.39. The fraction of sp³-hybridized carbons (Fsp3) is 0.333. The van der Waals surface area contributed by atoms with Crippen LogP contribution in [0.5, 0.6) is 0 Å². The summed E-state index contributed by atoms with van der Waals surface area (Å²) in [5, 5.41) is 25.8. The van der Waals surface area contributed by atoms with Crippen LogP contribution in [0.4, 0.5) is 0 Å². The highest BCUT2D eigenvalue weighted by Crippen LogP contribution is 2.39. The van der Waals surface area contributed by atoms with Crippen molar-refractivity contribution in [1.82, 2.24) is 25.5 Å². The van der Waals surface area contributed by atoms with E-state index in [-0.39, 0.29) is 24.0 Å². The van der Waals surface area contributed by atoms with E-state index < -0.39 is 0 Å². The number of nitrogens with one attached hydrogen (secondary N) is 1. The van der Waals surface area contributed by atoms with Crippen LogP contribution in [0.15, 0.2) is 48.1 Å². The zero-order chi connectivity index (χ0) is 17.9. The van der Waals surface area contributed by atoms with Crippen LogP contribution in [0.1, 0.15) is 39.7 Å². The first kappa shape index (κ1) is 16.9. The molecule has 1 unspecified atom stereocenters. The number of benzene rings is 1. The molecule has 2 heterocycles. The Kier molecular flexibility index (Phi) is 4.77. The minimum absolute atomic E-state index is 0.0493. The van der Waals surface area contributed by atoms with Crippen molar-refractivity contribution in [2.45, 2.75) is 31.5 Å². The maximum atomic E-state index is 12.7. The van der Waals surface area contributed by atoms with Crippen LogP contribution in [-0.2, 0) is 6.54 Å². The zero-order valence-corrected chi connectivity index (χ0v) is 14.8. The van der Waals surface area contributed by atoms with Gasteiger partial charge in [-0.3, -0.25) is 4.79 Å². The third kappa shape index (κ3) is 3.66. The normalized spacial score (nSPS) is 20.3. The molecule has 1 aliphatic carbocycles. The Hall–Kier alpha value is -2.58. The fourth-order valence-electron chi connectivity index (χ4n) is 3.22. The van der Waals surface area contributed by atoms with E-state index in [0.717, 1.165) is 23.3 Å². The van der Waals surface area contributed by atoms with Crippen molar-refractivity contribution in [1.29, 1.82) is 0 Å². The predicted molar refractivity (Wildman–Crippen MR) is 96.6 cm³/mol. The summed E-state index contributed by atoms with van der Waals surface area (Å²) in [4.78, 5) is 13.8. The summed E-state index contributed by atoms with van der Waals surface area (Å²) in [5.41, 5.74) is 1.64. The number of rotatable bonds is 6. The Morgan fingerprint density at radius 1 is 1.31 bits per heavy atom. The summed E-state index contributed by atoms with van der Waals surface area (Å²) in [6.07, 6.45) is 2.77. The number of tetrazole rings is 1. The Bertz CT molecular complexity index is 842. The van der Waals surface area contributed by atoms with Crippen LogP contribution in [0, 0.1) is 5.92 Å². The second kappa shape index (κ2) is 7.35. The van der Waals surface area contributed by atoms with Crippen LogP contribution < -0.4 is 5.32 Å². The van der Waals surface area contributed by atoms with Gasteiger partial charge in [-0.05, 0) is 58.3 Å². The second-order valence-electron chi connectivity index (χ2n) is 6.56.